The molecule has 1 heterocycles. The highest BCUT2D eigenvalue weighted by atomic mass is 35.5. The van der Waals surface area contributed by atoms with Crippen molar-refractivity contribution in [3.05, 3.63) is 93.5 Å². The predicted molar refractivity (Wildman–Crippen MR) is 115 cm³/mol. The van der Waals surface area contributed by atoms with Crippen molar-refractivity contribution in [2.75, 3.05) is 10.8 Å². The van der Waals surface area contributed by atoms with Gasteiger partial charge in [-0.3, -0.25) is 9.10 Å². The minimum Gasteiger partial charge on any atom is -0.294 e. The molecule has 0 unspecified atom stereocenters. The van der Waals surface area contributed by atoms with Gasteiger partial charge in [-0.15, -0.1) is 0 Å². The van der Waals surface area contributed by atoms with Crippen LogP contribution >= 0.6 is 11.6 Å². The third-order valence-corrected chi connectivity index (χ3v) is 7.57. The monoisotopic (exact) mass is 497 g/mol. The summed E-state index contributed by atoms with van der Waals surface area (Å²) in [6.07, 6.45) is 0.711. The van der Waals surface area contributed by atoms with Crippen LogP contribution in [0.5, 0.6) is 0 Å². The highest BCUT2D eigenvalue weighted by Gasteiger charge is 2.30. The van der Waals surface area contributed by atoms with Gasteiger partial charge in [0.15, 0.2) is 17.4 Å². The van der Waals surface area contributed by atoms with Gasteiger partial charge in [-0.25, -0.2) is 26.0 Å². The molecule has 10 heteroatoms. The van der Waals surface area contributed by atoms with E-state index in [1.54, 1.807) is 12.1 Å². The number of hydrogen-bond acceptors (Lipinski definition) is 3. The summed E-state index contributed by atoms with van der Waals surface area (Å²) in [6, 6.07) is 8.65. The summed E-state index contributed by atoms with van der Waals surface area (Å²) in [5.41, 5.74) is 0.729. The zero-order chi connectivity index (χ0) is 23.9. The first-order chi connectivity index (χ1) is 15.6. The number of rotatable bonds is 5. The number of carbonyl (C=O) groups excluding carboxylic acids is 1. The smallest absolute Gasteiger partial charge is 0.264 e. The number of nitrogens with zero attached hydrogens (tertiary/aromatic N) is 1. The minimum absolute atomic E-state index is 0.0933. The summed E-state index contributed by atoms with van der Waals surface area (Å²) in [4.78, 5) is 12.2. The van der Waals surface area contributed by atoms with Crippen LogP contribution in [-0.4, -0.2) is 20.7 Å². The zero-order valence-electron chi connectivity index (χ0n) is 16.9. The average Bonchev–Trinajstić information content (AvgIpc) is 2.77. The van der Waals surface area contributed by atoms with Crippen molar-refractivity contribution in [1.29, 1.82) is 0 Å². The van der Waals surface area contributed by atoms with Crippen molar-refractivity contribution >= 4 is 33.1 Å². The van der Waals surface area contributed by atoms with Gasteiger partial charge in [0, 0.05) is 13.0 Å². The maximum atomic E-state index is 14.1. The molecule has 0 N–H and O–H groups in total. The van der Waals surface area contributed by atoms with E-state index in [2.05, 4.69) is 0 Å². The van der Waals surface area contributed by atoms with Crippen molar-refractivity contribution < 1.29 is 30.8 Å². The van der Waals surface area contributed by atoms with Gasteiger partial charge in [-0.05, 0) is 60.4 Å². The lowest BCUT2D eigenvalue weighted by atomic mass is 9.97. The first-order valence-electron chi connectivity index (χ1n) is 9.86. The molecule has 4 rings (SSSR count). The number of Topliss-reactive ketones (excluding diaryl/α,β-unsaturated/α-hetero) is 1. The van der Waals surface area contributed by atoms with E-state index in [0.29, 0.717) is 30.0 Å². The van der Waals surface area contributed by atoms with Gasteiger partial charge < -0.3 is 0 Å². The predicted octanol–water partition coefficient (Wildman–Crippen LogP) is 5.46. The highest BCUT2D eigenvalue weighted by molar-refractivity contribution is 7.92. The van der Waals surface area contributed by atoms with Crippen LogP contribution in [0.4, 0.5) is 23.2 Å². The van der Waals surface area contributed by atoms with Gasteiger partial charge >= 0.3 is 0 Å². The van der Waals surface area contributed by atoms with E-state index >= 15 is 0 Å². The molecule has 0 fully saturated rings. The summed E-state index contributed by atoms with van der Waals surface area (Å²) in [5.74, 6) is -5.14. The molecule has 3 aromatic rings. The molecule has 1 aliphatic rings. The zero-order valence-corrected chi connectivity index (χ0v) is 18.5. The number of carbonyl (C=O) groups is 1. The molecule has 0 amide bonds. The normalized spacial score (nSPS) is 13.7. The van der Waals surface area contributed by atoms with Crippen molar-refractivity contribution in [1.82, 2.24) is 0 Å². The van der Waals surface area contributed by atoms with Gasteiger partial charge in [-0.2, -0.15) is 0 Å². The molecule has 33 heavy (non-hydrogen) atoms. The average molecular weight is 498 g/mol. The van der Waals surface area contributed by atoms with Gasteiger partial charge in [-0.1, -0.05) is 23.7 Å². The van der Waals surface area contributed by atoms with Crippen LogP contribution in [0.15, 0.2) is 53.4 Å². The van der Waals surface area contributed by atoms with Crippen molar-refractivity contribution in [3.63, 3.8) is 0 Å². The number of ketones is 1. The molecule has 0 saturated heterocycles. The minimum atomic E-state index is -4.22. The number of fused-ring (bicyclic) bond motifs is 1. The summed E-state index contributed by atoms with van der Waals surface area (Å²) in [6.45, 7) is 0.0933. The lowest BCUT2D eigenvalue weighted by molar-refractivity contribution is 0.0989. The molecule has 0 spiro atoms. The van der Waals surface area contributed by atoms with Gasteiger partial charge in [0.1, 0.15) is 11.6 Å². The molecular formula is C23H16ClF4NO3S. The van der Waals surface area contributed by atoms with Crippen LogP contribution in [0.25, 0.3) is 0 Å². The maximum Gasteiger partial charge on any atom is 0.264 e. The largest absolute Gasteiger partial charge is 0.294 e. The Hall–Kier alpha value is -2.91. The van der Waals surface area contributed by atoms with E-state index < -0.39 is 54.6 Å². The molecule has 4 nitrogen and oxygen atoms in total. The molecule has 0 saturated carbocycles. The standard InChI is InChI=1S/C23H16ClF4NO3S/c24-23-18(27)8-7-17(26)22(23)21(30)11-13-3-4-14-2-1-9-29(20(14)10-13)33(31,32)15-5-6-16(25)19(28)12-15/h3-8,10,12H,1-2,9,11H2. The van der Waals surface area contributed by atoms with Crippen LogP contribution in [0, 0.1) is 23.3 Å². The molecule has 3 aromatic carbocycles. The van der Waals surface area contributed by atoms with Crippen LogP contribution in [0.3, 0.4) is 0 Å². The molecule has 0 bridgehead atoms. The Kier molecular flexibility index (Phi) is 6.20. The Morgan fingerprint density at radius 3 is 2.33 bits per heavy atom. The fourth-order valence-electron chi connectivity index (χ4n) is 3.77. The van der Waals surface area contributed by atoms with E-state index in [4.69, 9.17) is 11.6 Å². The number of anilines is 1. The second kappa shape index (κ2) is 8.79. The number of halogens is 5. The molecular weight excluding hydrogens is 482 g/mol. The van der Waals surface area contributed by atoms with E-state index in [1.807, 2.05) is 0 Å². The maximum absolute atomic E-state index is 14.1. The first kappa shape index (κ1) is 23.3. The Balaban J connectivity index is 1.70. The lowest BCUT2D eigenvalue weighted by Gasteiger charge is -2.31. The van der Waals surface area contributed by atoms with Crippen molar-refractivity contribution in [3.8, 4) is 0 Å². The van der Waals surface area contributed by atoms with Crippen LogP contribution < -0.4 is 4.31 Å². The van der Waals surface area contributed by atoms with E-state index in [9.17, 15) is 30.8 Å². The van der Waals surface area contributed by atoms with Crippen molar-refractivity contribution in [2.24, 2.45) is 0 Å². The second-order valence-electron chi connectivity index (χ2n) is 7.54. The second-order valence-corrected chi connectivity index (χ2v) is 9.78. The van der Waals surface area contributed by atoms with Gasteiger partial charge in [0.05, 0.1) is 21.2 Å². The van der Waals surface area contributed by atoms with Crippen LogP contribution in [0.1, 0.15) is 27.9 Å². The Morgan fingerprint density at radius 2 is 1.61 bits per heavy atom. The Labute approximate surface area is 192 Å². The lowest BCUT2D eigenvalue weighted by Crippen LogP contribution is -2.35. The molecule has 0 atom stereocenters. The molecule has 0 aliphatic carbocycles. The fourth-order valence-corrected chi connectivity index (χ4v) is 5.57. The fraction of sp³-hybridized carbons (Fsp3) is 0.174. The van der Waals surface area contributed by atoms with Gasteiger partial charge in [0.25, 0.3) is 10.0 Å². The summed E-state index contributed by atoms with van der Waals surface area (Å²) in [5, 5.41) is -0.625. The van der Waals surface area contributed by atoms with E-state index in [-0.39, 0.29) is 18.7 Å². The van der Waals surface area contributed by atoms with E-state index in [0.717, 1.165) is 28.6 Å². The molecule has 1 aliphatic heterocycles. The number of benzene rings is 3. The topological polar surface area (TPSA) is 54.5 Å². The Bertz CT molecular complexity index is 1380. The first-order valence-corrected chi connectivity index (χ1v) is 11.7. The highest BCUT2D eigenvalue weighted by Crippen LogP contribution is 2.34. The summed E-state index contributed by atoms with van der Waals surface area (Å²) < 4.78 is 82.2. The Morgan fingerprint density at radius 1 is 0.909 bits per heavy atom. The molecule has 172 valence electrons. The molecule has 0 aromatic heterocycles. The van der Waals surface area contributed by atoms with Crippen LogP contribution in [0.2, 0.25) is 5.02 Å². The quantitative estimate of drug-likeness (QED) is 0.267. The number of sulfonamides is 1. The number of aryl methyl sites for hydroxylation is 1. The van der Waals surface area contributed by atoms with Crippen molar-refractivity contribution in [2.45, 2.75) is 24.2 Å². The third-order valence-electron chi connectivity index (χ3n) is 5.39. The van der Waals surface area contributed by atoms with Gasteiger partial charge in [0.2, 0.25) is 0 Å². The SMILES string of the molecule is O=C(Cc1ccc2c(c1)N(S(=O)(=O)c1ccc(F)c(F)c1)CCC2)c1c(F)ccc(F)c1Cl. The summed E-state index contributed by atoms with van der Waals surface area (Å²) in [7, 11) is -4.22. The number of hydrogen-bond donors (Lipinski definition) is 0. The van der Waals surface area contributed by atoms with Crippen LogP contribution in [-0.2, 0) is 22.9 Å². The van der Waals surface area contributed by atoms with E-state index in [1.165, 1.54) is 6.07 Å². The third kappa shape index (κ3) is 4.35. The summed E-state index contributed by atoms with van der Waals surface area (Å²) >= 11 is 5.77. The molecule has 0 radical (unpaired) electrons.